The number of hydrogen-bond acceptors (Lipinski definition) is 4. The topological polar surface area (TPSA) is 58.6 Å². The van der Waals surface area contributed by atoms with Gasteiger partial charge in [-0.3, -0.25) is 0 Å². The van der Waals surface area contributed by atoms with Gasteiger partial charge in [0, 0.05) is 0 Å². The van der Waals surface area contributed by atoms with Gasteiger partial charge in [-0.05, 0) is 29.8 Å². The third-order valence-electron chi connectivity index (χ3n) is 2.43. The molecule has 2 rings (SSSR count). The van der Waals surface area contributed by atoms with Crippen LogP contribution in [0.1, 0.15) is 5.56 Å². The van der Waals surface area contributed by atoms with Gasteiger partial charge in [0.2, 0.25) is 0 Å². The van der Waals surface area contributed by atoms with Crippen molar-refractivity contribution in [1.82, 2.24) is 0 Å². The molecule has 0 radical (unpaired) electrons. The molecule has 19 heavy (non-hydrogen) atoms. The molecular weight excluding hydrogens is 244 g/mol. The van der Waals surface area contributed by atoms with Gasteiger partial charge >= 0.3 is 0 Å². The maximum atomic E-state index is 10.2. The number of hydrogen-bond donors (Lipinski definition) is 0. The Kier molecular flexibility index (Phi) is 4.39. The van der Waals surface area contributed by atoms with E-state index >= 15 is 0 Å². The summed E-state index contributed by atoms with van der Waals surface area (Å²) in [6, 6.07) is 16.6. The van der Waals surface area contributed by atoms with Gasteiger partial charge in [0.1, 0.15) is 24.7 Å². The van der Waals surface area contributed by atoms with Crippen LogP contribution in [0.25, 0.3) is 0 Å². The van der Waals surface area contributed by atoms with Crippen LogP contribution in [0.4, 0.5) is 0 Å². The van der Waals surface area contributed by atoms with Crippen LogP contribution in [0.5, 0.6) is 11.5 Å². The highest BCUT2D eigenvalue weighted by molar-refractivity contribution is 5.66. The van der Waals surface area contributed by atoms with E-state index in [0.717, 1.165) is 5.56 Å². The molecule has 98 valence electrons. The molecule has 0 aromatic heterocycles. The van der Waals surface area contributed by atoms with Crippen LogP contribution in [-0.4, -0.2) is 12.6 Å². The maximum absolute atomic E-state index is 10.2. The van der Waals surface area contributed by atoms with Crippen molar-refractivity contribution in [3.63, 3.8) is 0 Å². The first-order valence-corrected chi connectivity index (χ1v) is 5.83. The lowest BCUT2D eigenvalue weighted by atomic mass is 10.2. The Morgan fingerprint density at radius 1 is 0.895 bits per heavy atom. The van der Waals surface area contributed by atoms with Gasteiger partial charge in [0.05, 0.1) is 5.97 Å². The second-order valence-corrected chi connectivity index (χ2v) is 3.91. The van der Waals surface area contributed by atoms with Crippen molar-refractivity contribution in [2.24, 2.45) is 0 Å². The van der Waals surface area contributed by atoms with Crippen LogP contribution in [0, 0.1) is 0 Å². The first-order valence-electron chi connectivity index (χ1n) is 5.83. The second-order valence-electron chi connectivity index (χ2n) is 3.91. The predicted molar refractivity (Wildman–Crippen MR) is 67.7 cm³/mol. The molecule has 2 aromatic carbocycles. The summed E-state index contributed by atoms with van der Waals surface area (Å²) in [6.45, 7) is 0.0321. The fraction of sp³-hybridized carbons (Fsp3) is 0.133. The summed E-state index contributed by atoms with van der Waals surface area (Å²) in [5.41, 5.74) is 1.08. The van der Waals surface area contributed by atoms with Crippen LogP contribution >= 0.6 is 0 Å². The van der Waals surface area contributed by atoms with E-state index in [-0.39, 0.29) is 0 Å². The molecule has 0 unspecified atom stereocenters. The monoisotopic (exact) mass is 257 g/mol. The highest BCUT2D eigenvalue weighted by atomic mass is 16.5. The van der Waals surface area contributed by atoms with Gasteiger partial charge in [-0.15, -0.1) is 0 Å². The predicted octanol–water partition coefficient (Wildman–Crippen LogP) is 1.39. The minimum Gasteiger partial charge on any atom is -0.546 e. The Labute approximate surface area is 111 Å². The summed E-state index contributed by atoms with van der Waals surface area (Å²) in [6.07, 6.45) is 0. The number of carbonyl (C=O) groups is 1. The van der Waals surface area contributed by atoms with E-state index in [1.54, 1.807) is 24.3 Å². The van der Waals surface area contributed by atoms with Crippen molar-refractivity contribution in [3.8, 4) is 11.5 Å². The molecule has 0 bridgehead atoms. The lowest BCUT2D eigenvalue weighted by Gasteiger charge is -2.09. The lowest BCUT2D eigenvalue weighted by Crippen LogP contribution is -2.28. The number of aliphatic carboxylic acids is 1. The normalized spacial score (nSPS) is 9.89. The van der Waals surface area contributed by atoms with Gasteiger partial charge in [-0.1, -0.05) is 30.3 Å². The fourth-order valence-electron chi connectivity index (χ4n) is 1.52. The van der Waals surface area contributed by atoms with Crippen molar-refractivity contribution >= 4 is 5.97 Å². The Morgan fingerprint density at radius 2 is 1.47 bits per heavy atom. The van der Waals surface area contributed by atoms with Crippen molar-refractivity contribution < 1.29 is 19.4 Å². The molecule has 0 N–H and O–H groups in total. The number of carboxylic acid groups (broad SMARTS) is 1. The Balaban J connectivity index is 1.86. The highest BCUT2D eigenvalue weighted by Gasteiger charge is 1.97. The van der Waals surface area contributed by atoms with E-state index in [1.165, 1.54) is 0 Å². The van der Waals surface area contributed by atoms with Crippen LogP contribution in [-0.2, 0) is 11.4 Å². The van der Waals surface area contributed by atoms with E-state index in [2.05, 4.69) is 0 Å². The molecule has 0 atom stereocenters. The molecule has 4 nitrogen and oxygen atoms in total. The van der Waals surface area contributed by atoms with Crippen LogP contribution in [0.15, 0.2) is 54.6 Å². The van der Waals surface area contributed by atoms with E-state index < -0.39 is 12.6 Å². The van der Waals surface area contributed by atoms with Gasteiger partial charge in [0.25, 0.3) is 0 Å². The number of ether oxygens (including phenoxy) is 2. The average molecular weight is 257 g/mol. The van der Waals surface area contributed by atoms with Gasteiger partial charge in [-0.25, -0.2) is 0 Å². The van der Waals surface area contributed by atoms with Gasteiger partial charge in [0.15, 0.2) is 0 Å². The third-order valence-corrected chi connectivity index (χ3v) is 2.43. The van der Waals surface area contributed by atoms with Gasteiger partial charge in [-0.2, -0.15) is 0 Å². The molecule has 2 aromatic rings. The zero-order chi connectivity index (χ0) is 13.5. The summed E-state index contributed by atoms with van der Waals surface area (Å²) >= 11 is 0. The minimum atomic E-state index is -1.25. The second kappa shape index (κ2) is 6.44. The van der Waals surface area contributed by atoms with Crippen LogP contribution in [0.3, 0.4) is 0 Å². The summed E-state index contributed by atoms with van der Waals surface area (Å²) in [7, 11) is 0. The van der Waals surface area contributed by atoms with Crippen molar-refractivity contribution in [2.45, 2.75) is 6.61 Å². The minimum absolute atomic E-state index is 0.454. The van der Waals surface area contributed by atoms with Crippen molar-refractivity contribution in [3.05, 3.63) is 60.2 Å². The molecule has 0 amide bonds. The first kappa shape index (κ1) is 13.0. The molecule has 0 saturated heterocycles. The van der Waals surface area contributed by atoms with E-state index in [1.807, 2.05) is 30.3 Å². The molecule has 0 aliphatic carbocycles. The molecule has 0 saturated carbocycles. The molecule has 0 aliphatic heterocycles. The molecule has 0 spiro atoms. The quantitative estimate of drug-likeness (QED) is 0.784. The highest BCUT2D eigenvalue weighted by Crippen LogP contribution is 2.18. The zero-order valence-corrected chi connectivity index (χ0v) is 10.2. The zero-order valence-electron chi connectivity index (χ0n) is 10.2. The first-order chi connectivity index (χ1) is 9.24. The number of carboxylic acids is 1. The summed E-state index contributed by atoms with van der Waals surface area (Å²) in [4.78, 5) is 10.2. The van der Waals surface area contributed by atoms with Crippen LogP contribution in [0.2, 0.25) is 0 Å². The summed E-state index contributed by atoms with van der Waals surface area (Å²) < 4.78 is 10.6. The number of benzene rings is 2. The van der Waals surface area contributed by atoms with E-state index in [4.69, 9.17) is 9.47 Å². The van der Waals surface area contributed by atoms with Crippen molar-refractivity contribution in [1.29, 1.82) is 0 Å². The Bertz CT molecular complexity index is 520. The molecule has 0 heterocycles. The standard InChI is InChI=1S/C15H14O4/c16-15(17)11-19-14-8-6-13(7-9-14)18-10-12-4-2-1-3-5-12/h1-9H,10-11H2,(H,16,17)/p-1. The Hall–Kier alpha value is -2.49. The van der Waals surface area contributed by atoms with E-state index in [9.17, 15) is 9.90 Å². The summed E-state index contributed by atoms with van der Waals surface area (Å²) in [5.74, 6) is -0.0784. The molecule has 0 fully saturated rings. The summed E-state index contributed by atoms with van der Waals surface area (Å²) in [5, 5.41) is 10.2. The third kappa shape index (κ3) is 4.35. The van der Waals surface area contributed by atoms with Crippen LogP contribution < -0.4 is 14.6 Å². The smallest absolute Gasteiger partial charge is 0.128 e. The molecule has 4 heteroatoms. The SMILES string of the molecule is O=C([O-])COc1ccc(OCc2ccccc2)cc1. The fourth-order valence-corrected chi connectivity index (χ4v) is 1.52. The van der Waals surface area contributed by atoms with Gasteiger partial charge < -0.3 is 19.4 Å². The maximum Gasteiger partial charge on any atom is 0.128 e. The lowest BCUT2D eigenvalue weighted by molar-refractivity contribution is -0.307. The number of carbonyl (C=O) groups excluding carboxylic acids is 1. The number of rotatable bonds is 6. The van der Waals surface area contributed by atoms with Crippen molar-refractivity contribution in [2.75, 3.05) is 6.61 Å². The average Bonchev–Trinajstić information content (AvgIpc) is 2.45. The largest absolute Gasteiger partial charge is 0.546 e. The molecule has 0 aliphatic rings. The van der Waals surface area contributed by atoms with E-state index in [0.29, 0.717) is 18.1 Å². The Morgan fingerprint density at radius 3 is 2.05 bits per heavy atom. The molecular formula is C15H13O4-.